The fourth-order valence-corrected chi connectivity index (χ4v) is 1.08. The van der Waals surface area contributed by atoms with E-state index in [0.717, 1.165) is 0 Å². The molecule has 1 N–H and O–H groups in total. The predicted molar refractivity (Wildman–Crippen MR) is 61.4 cm³/mol. The van der Waals surface area contributed by atoms with E-state index in [-0.39, 0.29) is 12.7 Å². The SMILES string of the molecule is COCCOCCOCCOc1nc(CO)co1. The highest BCUT2D eigenvalue weighted by molar-refractivity contribution is 4.97. The van der Waals surface area contributed by atoms with E-state index in [1.165, 1.54) is 6.26 Å². The van der Waals surface area contributed by atoms with E-state index in [1.54, 1.807) is 7.11 Å². The quantitative estimate of drug-likeness (QED) is 0.571. The summed E-state index contributed by atoms with van der Waals surface area (Å²) in [5, 5.41) is 8.76. The van der Waals surface area contributed by atoms with Crippen LogP contribution >= 0.6 is 0 Å². The average Bonchev–Trinajstić information content (AvgIpc) is 2.85. The maximum absolute atomic E-state index is 8.76. The van der Waals surface area contributed by atoms with Crippen molar-refractivity contribution < 1.29 is 28.5 Å². The molecule has 0 saturated carbocycles. The molecule has 0 spiro atoms. The van der Waals surface area contributed by atoms with Gasteiger partial charge < -0.3 is 28.5 Å². The van der Waals surface area contributed by atoms with Gasteiger partial charge in [-0.2, -0.15) is 4.98 Å². The van der Waals surface area contributed by atoms with E-state index < -0.39 is 0 Å². The molecule has 0 radical (unpaired) electrons. The molecule has 0 bridgehead atoms. The minimum atomic E-state index is -0.165. The third-order valence-electron chi connectivity index (χ3n) is 1.95. The molecule has 1 rings (SSSR count). The second-order valence-corrected chi connectivity index (χ2v) is 3.33. The van der Waals surface area contributed by atoms with Crippen molar-refractivity contribution in [2.45, 2.75) is 6.61 Å². The Balaban J connectivity index is 1.89. The van der Waals surface area contributed by atoms with Gasteiger partial charge in [0, 0.05) is 7.11 Å². The van der Waals surface area contributed by atoms with E-state index in [2.05, 4.69) is 4.98 Å². The van der Waals surface area contributed by atoms with Gasteiger partial charge in [0.25, 0.3) is 0 Å². The summed E-state index contributed by atoms with van der Waals surface area (Å²) in [7, 11) is 1.63. The topological polar surface area (TPSA) is 83.2 Å². The number of ether oxygens (including phenoxy) is 4. The predicted octanol–water partition coefficient (Wildman–Crippen LogP) is 0.225. The number of hydrogen-bond acceptors (Lipinski definition) is 7. The molecule has 0 aliphatic carbocycles. The lowest BCUT2D eigenvalue weighted by molar-refractivity contribution is 0.0157. The Labute approximate surface area is 106 Å². The molecule has 7 nitrogen and oxygen atoms in total. The number of oxazole rings is 1. The van der Waals surface area contributed by atoms with Crippen LogP contribution in [0.4, 0.5) is 0 Å². The highest BCUT2D eigenvalue weighted by Gasteiger charge is 2.03. The average molecular weight is 261 g/mol. The van der Waals surface area contributed by atoms with Gasteiger partial charge in [-0.25, -0.2) is 0 Å². The van der Waals surface area contributed by atoms with E-state index >= 15 is 0 Å². The van der Waals surface area contributed by atoms with Crippen molar-refractivity contribution >= 4 is 0 Å². The van der Waals surface area contributed by atoms with Gasteiger partial charge in [-0.15, -0.1) is 0 Å². The van der Waals surface area contributed by atoms with Crippen LogP contribution < -0.4 is 4.74 Å². The maximum Gasteiger partial charge on any atom is 0.393 e. The Hall–Kier alpha value is -1.15. The molecular weight excluding hydrogens is 242 g/mol. The lowest BCUT2D eigenvalue weighted by Gasteiger charge is -2.05. The molecule has 0 aromatic carbocycles. The van der Waals surface area contributed by atoms with Crippen LogP contribution in [0.3, 0.4) is 0 Å². The molecule has 1 aromatic heterocycles. The molecular formula is C11H19NO6. The molecule has 0 unspecified atom stereocenters. The second kappa shape index (κ2) is 9.84. The third-order valence-corrected chi connectivity index (χ3v) is 1.95. The van der Waals surface area contributed by atoms with E-state index in [9.17, 15) is 0 Å². The minimum absolute atomic E-state index is 0.138. The largest absolute Gasteiger partial charge is 0.448 e. The molecule has 7 heteroatoms. The van der Waals surface area contributed by atoms with Crippen LogP contribution in [0, 0.1) is 0 Å². The van der Waals surface area contributed by atoms with E-state index in [0.29, 0.717) is 45.3 Å². The number of rotatable bonds is 11. The summed E-state index contributed by atoms with van der Waals surface area (Å²) in [6.45, 7) is 2.77. The Morgan fingerprint density at radius 2 is 1.78 bits per heavy atom. The van der Waals surface area contributed by atoms with Gasteiger partial charge in [-0.05, 0) is 0 Å². The number of aromatic nitrogens is 1. The molecule has 18 heavy (non-hydrogen) atoms. The zero-order valence-corrected chi connectivity index (χ0v) is 10.5. The molecule has 1 heterocycles. The maximum atomic E-state index is 8.76. The summed E-state index contributed by atoms with van der Waals surface area (Å²) >= 11 is 0. The number of aliphatic hydroxyl groups excluding tert-OH is 1. The summed E-state index contributed by atoms with van der Waals surface area (Å²) in [5.41, 5.74) is 0.442. The van der Waals surface area contributed by atoms with Crippen LogP contribution in [-0.4, -0.2) is 56.8 Å². The van der Waals surface area contributed by atoms with Gasteiger partial charge in [0.05, 0.1) is 39.6 Å². The highest BCUT2D eigenvalue weighted by Crippen LogP contribution is 2.09. The van der Waals surface area contributed by atoms with Gasteiger partial charge in [0.15, 0.2) is 0 Å². The first kappa shape index (κ1) is 14.9. The zero-order chi connectivity index (χ0) is 13.1. The van der Waals surface area contributed by atoms with Crippen molar-refractivity contribution in [3.63, 3.8) is 0 Å². The smallest absolute Gasteiger partial charge is 0.393 e. The van der Waals surface area contributed by atoms with Gasteiger partial charge in [-0.1, -0.05) is 0 Å². The second-order valence-electron chi connectivity index (χ2n) is 3.33. The molecule has 0 fully saturated rings. The molecule has 0 aliphatic heterocycles. The highest BCUT2D eigenvalue weighted by atomic mass is 16.6. The Kier molecular flexibility index (Phi) is 8.15. The Morgan fingerprint density at radius 1 is 1.11 bits per heavy atom. The first-order valence-electron chi connectivity index (χ1n) is 5.69. The van der Waals surface area contributed by atoms with Crippen LogP contribution in [0.25, 0.3) is 0 Å². The molecule has 0 atom stereocenters. The first-order valence-corrected chi connectivity index (χ1v) is 5.69. The summed E-state index contributed by atoms with van der Waals surface area (Å²) in [6, 6.07) is 0. The molecule has 1 aromatic rings. The van der Waals surface area contributed by atoms with Crippen molar-refractivity contribution in [1.29, 1.82) is 0 Å². The molecule has 0 amide bonds. The summed E-state index contributed by atoms with van der Waals surface area (Å²) in [5.74, 6) is 0. The standard InChI is InChI=1S/C11H19NO6/c1-14-2-3-15-4-5-16-6-7-17-11-12-10(8-13)9-18-11/h9,13H,2-8H2,1H3. The third kappa shape index (κ3) is 6.55. The lowest BCUT2D eigenvalue weighted by atomic mass is 10.5. The number of aliphatic hydroxyl groups is 1. The Bertz CT molecular complexity index is 303. The minimum Gasteiger partial charge on any atom is -0.448 e. The molecule has 0 saturated heterocycles. The monoisotopic (exact) mass is 261 g/mol. The first-order chi connectivity index (χ1) is 8.86. The number of methoxy groups -OCH3 is 1. The zero-order valence-electron chi connectivity index (χ0n) is 10.5. The van der Waals surface area contributed by atoms with E-state index in [1.807, 2.05) is 0 Å². The summed E-state index contributed by atoms with van der Waals surface area (Å²) < 4.78 is 25.4. The fraction of sp³-hybridized carbons (Fsp3) is 0.727. The fourth-order valence-electron chi connectivity index (χ4n) is 1.08. The van der Waals surface area contributed by atoms with Crippen molar-refractivity contribution in [3.05, 3.63) is 12.0 Å². The van der Waals surface area contributed by atoms with Crippen LogP contribution in [-0.2, 0) is 20.8 Å². The van der Waals surface area contributed by atoms with Crippen LogP contribution in [0.5, 0.6) is 6.08 Å². The lowest BCUT2D eigenvalue weighted by Crippen LogP contribution is -2.12. The summed E-state index contributed by atoms with van der Waals surface area (Å²) in [6.07, 6.45) is 1.49. The van der Waals surface area contributed by atoms with Crippen LogP contribution in [0.15, 0.2) is 10.7 Å². The number of hydrogen-bond donors (Lipinski definition) is 1. The van der Waals surface area contributed by atoms with E-state index in [4.69, 9.17) is 28.5 Å². The van der Waals surface area contributed by atoms with Gasteiger partial charge in [0.1, 0.15) is 18.6 Å². The van der Waals surface area contributed by atoms with Crippen molar-refractivity contribution in [2.24, 2.45) is 0 Å². The number of nitrogens with zero attached hydrogens (tertiary/aromatic N) is 1. The summed E-state index contributed by atoms with van der Waals surface area (Å²) in [4.78, 5) is 3.86. The normalized spacial score (nSPS) is 10.8. The Morgan fingerprint density at radius 3 is 2.39 bits per heavy atom. The molecule has 0 aliphatic rings. The van der Waals surface area contributed by atoms with Crippen molar-refractivity contribution in [2.75, 3.05) is 46.8 Å². The van der Waals surface area contributed by atoms with Crippen molar-refractivity contribution in [3.8, 4) is 6.08 Å². The van der Waals surface area contributed by atoms with Gasteiger partial charge in [0.2, 0.25) is 0 Å². The van der Waals surface area contributed by atoms with Crippen LogP contribution in [0.2, 0.25) is 0 Å². The van der Waals surface area contributed by atoms with Gasteiger partial charge in [-0.3, -0.25) is 0 Å². The molecule has 104 valence electrons. The van der Waals surface area contributed by atoms with Crippen LogP contribution in [0.1, 0.15) is 5.69 Å². The van der Waals surface area contributed by atoms with Gasteiger partial charge >= 0.3 is 6.08 Å². The van der Waals surface area contributed by atoms with Crippen molar-refractivity contribution in [1.82, 2.24) is 4.98 Å².